The molecule has 0 radical (unpaired) electrons. The highest BCUT2D eigenvalue weighted by atomic mass is 16.5. The summed E-state index contributed by atoms with van der Waals surface area (Å²) < 4.78 is 5.45. The van der Waals surface area contributed by atoms with Crippen LogP contribution >= 0.6 is 0 Å². The maximum absolute atomic E-state index is 5.45. The Labute approximate surface area is 116 Å². The molecule has 1 aliphatic heterocycles. The third-order valence-corrected chi connectivity index (χ3v) is 3.88. The summed E-state index contributed by atoms with van der Waals surface area (Å²) in [5.41, 5.74) is 1.03. The summed E-state index contributed by atoms with van der Waals surface area (Å²) >= 11 is 0. The molecule has 0 saturated carbocycles. The topological polar surface area (TPSA) is 51.0 Å². The van der Waals surface area contributed by atoms with Crippen LogP contribution in [-0.4, -0.2) is 23.2 Å². The number of aromatic nitrogens is 2. The number of fused-ring (bicyclic) bond motifs is 1. The molecule has 4 rings (SSSR count). The average molecular weight is 265 g/mol. The molecule has 1 aromatic heterocycles. The molecule has 4 nitrogen and oxygen atoms in total. The third kappa shape index (κ3) is 1.89. The molecule has 1 saturated heterocycles. The number of rotatable bonds is 2. The Morgan fingerprint density at radius 3 is 2.90 bits per heavy atom. The molecular formula is C16H15N3O. The Hall–Kier alpha value is -2.20. The highest BCUT2D eigenvalue weighted by molar-refractivity contribution is 5.94. The fourth-order valence-electron chi connectivity index (χ4n) is 2.80. The summed E-state index contributed by atoms with van der Waals surface area (Å²) in [4.78, 5) is 4.59. The van der Waals surface area contributed by atoms with Gasteiger partial charge in [-0.1, -0.05) is 47.6 Å². The summed E-state index contributed by atoms with van der Waals surface area (Å²) in [6, 6.07) is 14.4. The largest absolute Gasteiger partial charge is 0.339 e. The zero-order valence-electron chi connectivity index (χ0n) is 11.0. The van der Waals surface area contributed by atoms with E-state index >= 15 is 0 Å². The van der Waals surface area contributed by atoms with Crippen molar-refractivity contribution in [3.8, 4) is 11.4 Å². The third-order valence-electron chi connectivity index (χ3n) is 3.88. The lowest BCUT2D eigenvalue weighted by molar-refractivity contribution is 0.359. The van der Waals surface area contributed by atoms with Crippen LogP contribution in [0.1, 0.15) is 18.2 Å². The smallest absolute Gasteiger partial charge is 0.231 e. The van der Waals surface area contributed by atoms with E-state index in [2.05, 4.69) is 33.7 Å². The maximum Gasteiger partial charge on any atom is 0.231 e. The van der Waals surface area contributed by atoms with Crippen molar-refractivity contribution in [2.45, 2.75) is 12.3 Å². The lowest BCUT2D eigenvalue weighted by Crippen LogP contribution is -2.08. The molecule has 3 aromatic rings. The molecule has 0 aliphatic carbocycles. The molecule has 1 atom stereocenters. The molecule has 20 heavy (non-hydrogen) atoms. The predicted molar refractivity (Wildman–Crippen MR) is 77.5 cm³/mol. The van der Waals surface area contributed by atoms with Crippen LogP contribution in [-0.2, 0) is 0 Å². The van der Waals surface area contributed by atoms with Crippen LogP contribution in [0.3, 0.4) is 0 Å². The number of nitrogens with zero attached hydrogens (tertiary/aromatic N) is 2. The van der Waals surface area contributed by atoms with E-state index in [-0.39, 0.29) is 0 Å². The van der Waals surface area contributed by atoms with Crippen LogP contribution in [0, 0.1) is 0 Å². The van der Waals surface area contributed by atoms with E-state index < -0.39 is 0 Å². The minimum absolute atomic E-state index is 0.353. The first kappa shape index (κ1) is 11.6. The van der Waals surface area contributed by atoms with Crippen LogP contribution in [0.25, 0.3) is 22.2 Å². The van der Waals surface area contributed by atoms with Crippen molar-refractivity contribution in [3.63, 3.8) is 0 Å². The van der Waals surface area contributed by atoms with E-state index in [4.69, 9.17) is 4.52 Å². The first-order valence-corrected chi connectivity index (χ1v) is 6.94. The second-order valence-corrected chi connectivity index (χ2v) is 5.17. The molecule has 2 heterocycles. The lowest BCUT2D eigenvalue weighted by Gasteiger charge is -2.02. The predicted octanol–water partition coefficient (Wildman–Crippen LogP) is 2.97. The van der Waals surface area contributed by atoms with Gasteiger partial charge in [-0.05, 0) is 23.7 Å². The summed E-state index contributed by atoms with van der Waals surface area (Å²) in [6.45, 7) is 1.95. The normalized spacial score (nSPS) is 18.7. The number of hydrogen-bond donors (Lipinski definition) is 1. The first-order chi connectivity index (χ1) is 9.92. The molecular weight excluding hydrogens is 250 g/mol. The minimum Gasteiger partial charge on any atom is -0.339 e. The van der Waals surface area contributed by atoms with E-state index in [1.807, 2.05) is 24.3 Å². The van der Waals surface area contributed by atoms with Crippen LogP contribution in [0.15, 0.2) is 47.0 Å². The van der Waals surface area contributed by atoms with Gasteiger partial charge in [0, 0.05) is 12.1 Å². The Bertz CT molecular complexity index is 739. The number of nitrogens with one attached hydrogen (secondary N) is 1. The van der Waals surface area contributed by atoms with E-state index in [1.54, 1.807) is 0 Å². The van der Waals surface area contributed by atoms with Gasteiger partial charge >= 0.3 is 0 Å². The van der Waals surface area contributed by atoms with Gasteiger partial charge < -0.3 is 9.84 Å². The van der Waals surface area contributed by atoms with Gasteiger partial charge in [-0.15, -0.1) is 0 Å². The van der Waals surface area contributed by atoms with E-state index in [1.165, 1.54) is 5.39 Å². The van der Waals surface area contributed by atoms with Crippen molar-refractivity contribution in [3.05, 3.63) is 48.4 Å². The van der Waals surface area contributed by atoms with Crippen molar-refractivity contribution in [1.82, 2.24) is 15.5 Å². The van der Waals surface area contributed by atoms with Crippen LogP contribution in [0.2, 0.25) is 0 Å². The minimum atomic E-state index is 0.353. The van der Waals surface area contributed by atoms with E-state index in [0.717, 1.165) is 36.4 Å². The van der Waals surface area contributed by atoms with Crippen molar-refractivity contribution < 1.29 is 4.52 Å². The van der Waals surface area contributed by atoms with E-state index in [0.29, 0.717) is 11.7 Å². The standard InChI is InChI=1S/C16H15N3O/c1-2-6-13-11(4-1)5-3-7-14(13)15-18-16(20-19-15)12-8-9-17-10-12/h1-7,12,17H,8-10H2/t12-/m1/s1. The maximum atomic E-state index is 5.45. The summed E-state index contributed by atoms with van der Waals surface area (Å²) in [5.74, 6) is 1.79. The quantitative estimate of drug-likeness (QED) is 0.774. The highest BCUT2D eigenvalue weighted by Gasteiger charge is 2.23. The molecule has 0 spiro atoms. The molecule has 100 valence electrons. The Kier molecular flexibility index (Phi) is 2.74. The molecule has 0 bridgehead atoms. The van der Waals surface area contributed by atoms with Crippen molar-refractivity contribution in [2.24, 2.45) is 0 Å². The van der Waals surface area contributed by atoms with Gasteiger partial charge in [0.2, 0.25) is 11.7 Å². The van der Waals surface area contributed by atoms with Gasteiger partial charge in [0.25, 0.3) is 0 Å². The molecule has 2 aromatic carbocycles. The number of hydrogen-bond acceptors (Lipinski definition) is 4. The first-order valence-electron chi connectivity index (χ1n) is 6.94. The number of benzene rings is 2. The molecule has 1 aliphatic rings. The van der Waals surface area contributed by atoms with Gasteiger partial charge in [0.15, 0.2) is 0 Å². The Balaban J connectivity index is 1.79. The SMILES string of the molecule is c1ccc2c(-c3noc([C@@H]4CCNC4)n3)cccc2c1. The second-order valence-electron chi connectivity index (χ2n) is 5.17. The van der Waals surface area contributed by atoms with Crippen LogP contribution in [0.4, 0.5) is 0 Å². The zero-order chi connectivity index (χ0) is 13.4. The Morgan fingerprint density at radius 2 is 2.00 bits per heavy atom. The van der Waals surface area contributed by atoms with Crippen molar-refractivity contribution in [1.29, 1.82) is 0 Å². The monoisotopic (exact) mass is 265 g/mol. The average Bonchev–Trinajstić information content (AvgIpc) is 3.17. The summed E-state index contributed by atoms with van der Waals surface area (Å²) in [5, 5.41) is 9.84. The summed E-state index contributed by atoms with van der Waals surface area (Å²) in [6.07, 6.45) is 1.07. The van der Waals surface area contributed by atoms with Crippen LogP contribution < -0.4 is 5.32 Å². The van der Waals surface area contributed by atoms with Gasteiger partial charge in [0.1, 0.15) is 0 Å². The molecule has 0 amide bonds. The van der Waals surface area contributed by atoms with Gasteiger partial charge in [-0.3, -0.25) is 0 Å². The van der Waals surface area contributed by atoms with Gasteiger partial charge in [-0.2, -0.15) is 4.98 Å². The molecule has 1 fully saturated rings. The zero-order valence-corrected chi connectivity index (χ0v) is 11.0. The van der Waals surface area contributed by atoms with Gasteiger partial charge in [-0.25, -0.2) is 0 Å². The van der Waals surface area contributed by atoms with Crippen molar-refractivity contribution >= 4 is 10.8 Å². The molecule has 4 heteroatoms. The van der Waals surface area contributed by atoms with Crippen molar-refractivity contribution in [2.75, 3.05) is 13.1 Å². The van der Waals surface area contributed by atoms with Crippen LogP contribution in [0.5, 0.6) is 0 Å². The van der Waals surface area contributed by atoms with E-state index in [9.17, 15) is 0 Å². The van der Waals surface area contributed by atoms with Gasteiger partial charge in [0.05, 0.1) is 5.92 Å². The second kappa shape index (κ2) is 4.72. The lowest BCUT2D eigenvalue weighted by atomic mass is 10.0. The highest BCUT2D eigenvalue weighted by Crippen LogP contribution is 2.28. The molecule has 1 N–H and O–H groups in total. The molecule has 0 unspecified atom stereocenters. The summed E-state index contributed by atoms with van der Waals surface area (Å²) in [7, 11) is 0. The fourth-order valence-corrected chi connectivity index (χ4v) is 2.80. The Morgan fingerprint density at radius 1 is 1.10 bits per heavy atom. The fraction of sp³-hybridized carbons (Fsp3) is 0.250.